The second-order valence-electron chi connectivity index (χ2n) is 5.06. The molecule has 22 heavy (non-hydrogen) atoms. The highest BCUT2D eigenvalue weighted by molar-refractivity contribution is 7.18. The molecule has 0 amide bonds. The highest BCUT2D eigenvalue weighted by atomic mass is 35.5. The number of fused-ring (bicyclic) bond motifs is 1. The molecule has 0 aliphatic rings. The lowest BCUT2D eigenvalue weighted by atomic mass is 10.2. The average Bonchev–Trinajstić information content (AvgIpc) is 2.75. The Hall–Kier alpha value is -1.91. The van der Waals surface area contributed by atoms with E-state index in [0.717, 1.165) is 27.3 Å². The maximum atomic E-state index is 11.1. The van der Waals surface area contributed by atoms with Crippen LogP contribution in [0.4, 0.5) is 0 Å². The van der Waals surface area contributed by atoms with Gasteiger partial charge in [0.15, 0.2) is 6.54 Å². The van der Waals surface area contributed by atoms with Gasteiger partial charge in [0.05, 0.1) is 6.07 Å². The van der Waals surface area contributed by atoms with Gasteiger partial charge in [-0.1, -0.05) is 35.1 Å². The number of thiazole rings is 1. The molecule has 3 aromatic rings. The van der Waals surface area contributed by atoms with Crippen LogP contribution >= 0.6 is 22.9 Å². The molecule has 0 aliphatic heterocycles. The average molecular weight is 333 g/mol. The first-order valence-electron chi connectivity index (χ1n) is 6.89. The van der Waals surface area contributed by atoms with Crippen LogP contribution < -0.4 is 9.30 Å². The minimum atomic E-state index is -0.312. The summed E-state index contributed by atoms with van der Waals surface area (Å²) >= 11 is 7.78. The predicted octanol–water partition coefficient (Wildman–Crippen LogP) is 4.12. The number of ether oxygens (including phenoxy) is 1. The Balaban J connectivity index is 2.03. The van der Waals surface area contributed by atoms with Crippen molar-refractivity contribution in [3.63, 3.8) is 0 Å². The number of aryl methyl sites for hydroxylation is 1. The van der Waals surface area contributed by atoms with Crippen molar-refractivity contribution in [2.24, 2.45) is 0 Å². The van der Waals surface area contributed by atoms with E-state index in [0.29, 0.717) is 5.75 Å². The monoisotopic (exact) mass is 332 g/mol. The Morgan fingerprint density at radius 2 is 2.09 bits per heavy atom. The van der Waals surface area contributed by atoms with Gasteiger partial charge in [-0.15, -0.1) is 0 Å². The Morgan fingerprint density at radius 1 is 1.27 bits per heavy atom. The first-order chi connectivity index (χ1) is 10.5. The summed E-state index contributed by atoms with van der Waals surface area (Å²) in [4.78, 5) is 11.1. The van der Waals surface area contributed by atoms with Gasteiger partial charge >= 0.3 is 5.97 Å². The van der Waals surface area contributed by atoms with Crippen molar-refractivity contribution in [2.75, 3.05) is 0 Å². The molecule has 3 rings (SSSR count). The molecular weight excluding hydrogens is 318 g/mol. The molecular formula is C17H15ClNO2S+. The van der Waals surface area contributed by atoms with Crippen molar-refractivity contribution in [1.29, 1.82) is 0 Å². The molecule has 112 valence electrons. The van der Waals surface area contributed by atoms with E-state index < -0.39 is 0 Å². The van der Waals surface area contributed by atoms with Crippen molar-refractivity contribution in [3.05, 3.63) is 58.1 Å². The summed E-state index contributed by atoms with van der Waals surface area (Å²) in [5.41, 5.74) is 2.19. The van der Waals surface area contributed by atoms with Gasteiger partial charge in [-0.05, 0) is 24.3 Å². The van der Waals surface area contributed by atoms with Crippen molar-refractivity contribution in [2.45, 2.75) is 20.4 Å². The molecule has 0 aliphatic carbocycles. The smallest absolute Gasteiger partial charge is 0.308 e. The van der Waals surface area contributed by atoms with Crippen LogP contribution in [-0.2, 0) is 11.3 Å². The minimum absolute atomic E-state index is 0.312. The molecule has 0 atom stereocenters. The van der Waals surface area contributed by atoms with Crippen LogP contribution in [0.5, 0.6) is 5.75 Å². The van der Waals surface area contributed by atoms with Crippen LogP contribution in [0, 0.1) is 6.92 Å². The van der Waals surface area contributed by atoms with E-state index in [1.807, 2.05) is 36.4 Å². The SMILES string of the molecule is CC(=O)Oc1ccc2sc(C)[n+](Cc3cccc(Cl)c3)c2c1. The zero-order valence-corrected chi connectivity index (χ0v) is 13.9. The number of hydrogen-bond donors (Lipinski definition) is 0. The van der Waals surface area contributed by atoms with Crippen LogP contribution in [0.2, 0.25) is 5.02 Å². The predicted molar refractivity (Wildman–Crippen MR) is 88.6 cm³/mol. The number of hydrogen-bond acceptors (Lipinski definition) is 3. The number of carbonyl (C=O) groups excluding carboxylic acids is 1. The third-order valence-corrected chi connectivity index (χ3v) is 4.67. The topological polar surface area (TPSA) is 30.2 Å². The zero-order valence-electron chi connectivity index (χ0n) is 12.3. The fourth-order valence-electron chi connectivity index (χ4n) is 2.42. The van der Waals surface area contributed by atoms with Gasteiger partial charge < -0.3 is 4.74 Å². The molecule has 5 heteroatoms. The lowest BCUT2D eigenvalue weighted by Gasteiger charge is -2.01. The van der Waals surface area contributed by atoms with Gasteiger partial charge in [-0.2, -0.15) is 4.57 Å². The maximum Gasteiger partial charge on any atom is 0.308 e. The fraction of sp³-hybridized carbons (Fsp3) is 0.176. The van der Waals surface area contributed by atoms with E-state index in [4.69, 9.17) is 16.3 Å². The second-order valence-corrected chi connectivity index (χ2v) is 6.73. The highest BCUT2D eigenvalue weighted by Crippen LogP contribution is 2.25. The Morgan fingerprint density at radius 3 is 2.82 bits per heavy atom. The minimum Gasteiger partial charge on any atom is -0.426 e. The molecule has 0 bridgehead atoms. The molecule has 2 aromatic carbocycles. The van der Waals surface area contributed by atoms with E-state index in [1.54, 1.807) is 11.3 Å². The lowest BCUT2D eigenvalue weighted by molar-refractivity contribution is -0.664. The van der Waals surface area contributed by atoms with Gasteiger partial charge in [0.2, 0.25) is 10.5 Å². The van der Waals surface area contributed by atoms with Crippen molar-refractivity contribution < 1.29 is 14.1 Å². The molecule has 0 unspecified atom stereocenters. The quantitative estimate of drug-likeness (QED) is 0.410. The first-order valence-corrected chi connectivity index (χ1v) is 8.08. The van der Waals surface area contributed by atoms with Gasteiger partial charge in [-0.3, -0.25) is 4.79 Å². The number of nitrogens with zero attached hydrogens (tertiary/aromatic N) is 1. The summed E-state index contributed by atoms with van der Waals surface area (Å²) in [5, 5.41) is 1.92. The largest absolute Gasteiger partial charge is 0.426 e. The summed E-state index contributed by atoms with van der Waals surface area (Å²) < 4.78 is 8.56. The zero-order chi connectivity index (χ0) is 15.7. The molecule has 1 heterocycles. The van der Waals surface area contributed by atoms with Crippen molar-refractivity contribution in [1.82, 2.24) is 0 Å². The lowest BCUT2D eigenvalue weighted by Crippen LogP contribution is -2.35. The molecule has 1 aromatic heterocycles. The van der Waals surface area contributed by atoms with Gasteiger partial charge in [-0.25, -0.2) is 0 Å². The summed E-state index contributed by atoms with van der Waals surface area (Å²) in [7, 11) is 0. The summed E-state index contributed by atoms with van der Waals surface area (Å²) in [6.45, 7) is 4.22. The van der Waals surface area contributed by atoms with Gasteiger partial charge in [0, 0.05) is 24.4 Å². The summed E-state index contributed by atoms with van der Waals surface area (Å²) in [6, 6.07) is 13.6. The van der Waals surface area contributed by atoms with Crippen LogP contribution in [0.3, 0.4) is 0 Å². The Bertz CT molecular complexity index is 857. The molecule has 0 fully saturated rings. The van der Waals surface area contributed by atoms with E-state index in [2.05, 4.69) is 17.6 Å². The Kier molecular flexibility index (Phi) is 4.14. The number of esters is 1. The van der Waals surface area contributed by atoms with E-state index >= 15 is 0 Å². The van der Waals surface area contributed by atoms with Crippen molar-refractivity contribution in [3.8, 4) is 5.75 Å². The van der Waals surface area contributed by atoms with E-state index in [1.165, 1.54) is 11.9 Å². The van der Waals surface area contributed by atoms with Crippen LogP contribution in [-0.4, -0.2) is 5.97 Å². The molecule has 0 saturated carbocycles. The summed E-state index contributed by atoms with van der Waals surface area (Å²) in [6.07, 6.45) is 0. The van der Waals surface area contributed by atoms with E-state index in [9.17, 15) is 4.79 Å². The van der Waals surface area contributed by atoms with Gasteiger partial charge in [0.25, 0.3) is 0 Å². The maximum absolute atomic E-state index is 11.1. The first kappa shape index (κ1) is 15.0. The third-order valence-electron chi connectivity index (χ3n) is 3.35. The third kappa shape index (κ3) is 3.13. The molecule has 0 saturated heterocycles. The van der Waals surface area contributed by atoms with Crippen LogP contribution in [0.25, 0.3) is 10.2 Å². The van der Waals surface area contributed by atoms with Crippen LogP contribution in [0.15, 0.2) is 42.5 Å². The van der Waals surface area contributed by atoms with E-state index in [-0.39, 0.29) is 5.97 Å². The standard InChI is InChI=1S/C17H15ClNO2S/c1-11-19(10-13-4-3-5-14(18)8-13)16-9-15(21-12(2)20)6-7-17(16)22-11/h3-9H,10H2,1-2H3/q+1. The molecule has 3 nitrogen and oxygen atoms in total. The Labute approximate surface area is 137 Å². The number of halogens is 1. The number of aromatic nitrogens is 1. The number of rotatable bonds is 3. The summed E-state index contributed by atoms with van der Waals surface area (Å²) in [5.74, 6) is 0.255. The normalized spacial score (nSPS) is 10.9. The molecule has 0 spiro atoms. The fourth-order valence-corrected chi connectivity index (χ4v) is 3.64. The van der Waals surface area contributed by atoms with Crippen molar-refractivity contribution >= 4 is 39.1 Å². The second kappa shape index (κ2) is 6.07. The van der Waals surface area contributed by atoms with Crippen LogP contribution in [0.1, 0.15) is 17.5 Å². The molecule has 0 N–H and O–H groups in total. The number of carbonyl (C=O) groups is 1. The van der Waals surface area contributed by atoms with Gasteiger partial charge in [0.1, 0.15) is 10.4 Å². The number of benzene rings is 2. The molecule has 0 radical (unpaired) electrons. The highest BCUT2D eigenvalue weighted by Gasteiger charge is 2.19.